The van der Waals surface area contributed by atoms with Gasteiger partial charge in [0.05, 0.1) is 5.69 Å². The van der Waals surface area contributed by atoms with Crippen LogP contribution in [0.4, 0.5) is 17.1 Å². The molecule has 8 aromatic carbocycles. The average molecular weight is 706 g/mol. The van der Waals surface area contributed by atoms with E-state index in [-0.39, 0.29) is 0 Å². The molecule has 0 atom stereocenters. The van der Waals surface area contributed by atoms with Crippen LogP contribution in [0, 0.1) is 0 Å². The lowest BCUT2D eigenvalue weighted by Gasteiger charge is -2.26. The van der Waals surface area contributed by atoms with Crippen LogP contribution < -0.4 is 4.90 Å². The molecule has 0 amide bonds. The minimum Gasteiger partial charge on any atom is -0.454 e. The quantitative estimate of drug-likeness (QED) is 0.172. The highest BCUT2D eigenvalue weighted by molar-refractivity contribution is 6.17. The predicted molar refractivity (Wildman–Crippen MR) is 225 cm³/mol. The Morgan fingerprint density at radius 3 is 1.85 bits per heavy atom. The molecule has 0 unspecified atom stereocenters. The van der Waals surface area contributed by atoms with E-state index in [9.17, 15) is 0 Å². The first-order chi connectivity index (χ1) is 27.3. The second-order valence-corrected chi connectivity index (χ2v) is 13.8. The highest BCUT2D eigenvalue weighted by Crippen LogP contribution is 2.46. The van der Waals surface area contributed by atoms with E-state index < -0.39 is 0 Å². The van der Waals surface area contributed by atoms with Gasteiger partial charge in [0.15, 0.2) is 17.0 Å². The third kappa shape index (κ3) is 5.17. The Morgan fingerprint density at radius 1 is 0.418 bits per heavy atom. The van der Waals surface area contributed by atoms with Crippen molar-refractivity contribution in [2.24, 2.45) is 0 Å². The van der Waals surface area contributed by atoms with Gasteiger partial charge in [-0.15, -0.1) is 0 Å². The van der Waals surface area contributed by atoms with Crippen molar-refractivity contribution in [2.45, 2.75) is 0 Å². The number of rotatable bonds is 6. The Balaban J connectivity index is 1.09. The summed E-state index contributed by atoms with van der Waals surface area (Å²) >= 11 is 0. The van der Waals surface area contributed by atoms with Gasteiger partial charge in [-0.2, -0.15) is 0 Å². The van der Waals surface area contributed by atoms with E-state index in [4.69, 9.17) is 18.8 Å². The Kier molecular flexibility index (Phi) is 7.10. The van der Waals surface area contributed by atoms with Gasteiger partial charge in [0, 0.05) is 38.7 Å². The van der Waals surface area contributed by atoms with Crippen LogP contribution in [0.3, 0.4) is 0 Å². The Hall–Kier alpha value is -7.50. The number of benzene rings is 8. The Morgan fingerprint density at radius 2 is 1.05 bits per heavy atom. The number of anilines is 3. The molecule has 0 aliphatic heterocycles. The summed E-state index contributed by atoms with van der Waals surface area (Å²) in [6, 6.07) is 65.0. The minimum absolute atomic E-state index is 0.662. The van der Waals surface area contributed by atoms with Gasteiger partial charge in [0.1, 0.15) is 22.4 Å². The van der Waals surface area contributed by atoms with Gasteiger partial charge < -0.3 is 13.7 Å². The van der Waals surface area contributed by atoms with E-state index in [1.807, 2.05) is 60.7 Å². The molecule has 0 radical (unpaired) electrons. The van der Waals surface area contributed by atoms with Crippen LogP contribution in [0.15, 0.2) is 197 Å². The van der Waals surface area contributed by atoms with Crippen molar-refractivity contribution in [1.82, 2.24) is 9.97 Å². The first kappa shape index (κ1) is 31.1. The summed E-state index contributed by atoms with van der Waals surface area (Å²) < 4.78 is 13.2. The van der Waals surface area contributed by atoms with Crippen LogP contribution in [0.25, 0.3) is 88.6 Å². The molecular weight excluding hydrogens is 675 g/mol. The molecule has 0 aliphatic carbocycles. The van der Waals surface area contributed by atoms with Gasteiger partial charge in [-0.1, -0.05) is 140 Å². The highest BCUT2D eigenvalue weighted by atomic mass is 16.3. The van der Waals surface area contributed by atoms with Gasteiger partial charge in [0.2, 0.25) is 0 Å². The second-order valence-electron chi connectivity index (χ2n) is 13.8. The van der Waals surface area contributed by atoms with Crippen molar-refractivity contribution in [2.75, 3.05) is 4.90 Å². The van der Waals surface area contributed by atoms with Crippen molar-refractivity contribution >= 4 is 71.8 Å². The molecule has 11 rings (SSSR count). The number of nitrogens with zero attached hydrogens (tertiary/aromatic N) is 3. The molecule has 0 N–H and O–H groups in total. The summed E-state index contributed by atoms with van der Waals surface area (Å²) in [6.07, 6.45) is 0. The molecule has 0 aliphatic rings. The topological polar surface area (TPSA) is 55.3 Å². The van der Waals surface area contributed by atoms with Crippen molar-refractivity contribution < 1.29 is 8.83 Å². The number of para-hydroxylation sites is 3. The maximum Gasteiger partial charge on any atom is 0.180 e. The van der Waals surface area contributed by atoms with E-state index in [0.717, 1.165) is 83.4 Å². The Labute approximate surface area is 316 Å². The summed E-state index contributed by atoms with van der Waals surface area (Å²) in [5.41, 5.74) is 11.8. The lowest BCUT2D eigenvalue weighted by atomic mass is 9.96. The summed E-state index contributed by atoms with van der Waals surface area (Å²) in [4.78, 5) is 12.4. The van der Waals surface area contributed by atoms with Crippen LogP contribution in [0.2, 0.25) is 0 Å². The largest absolute Gasteiger partial charge is 0.454 e. The SMILES string of the molecule is c1ccc(-c2nc(-c3ccc(-c4ccc(N(c5ccccc5)c5ccc6ccccc6c5)c5oc6ccccc6c45)cc3)c3oc4ccccc4c3n2)cc1. The predicted octanol–water partition coefficient (Wildman–Crippen LogP) is 13.9. The fraction of sp³-hybridized carbons (Fsp3) is 0. The molecule has 55 heavy (non-hydrogen) atoms. The fourth-order valence-corrected chi connectivity index (χ4v) is 7.86. The van der Waals surface area contributed by atoms with Gasteiger partial charge in [-0.05, 0) is 70.4 Å². The Bertz CT molecular complexity index is 3200. The van der Waals surface area contributed by atoms with Crippen LogP contribution in [0.1, 0.15) is 0 Å². The summed E-state index contributed by atoms with van der Waals surface area (Å²) in [6.45, 7) is 0. The van der Waals surface area contributed by atoms with Gasteiger partial charge in [-0.3, -0.25) is 0 Å². The van der Waals surface area contributed by atoms with Crippen molar-refractivity contribution in [3.05, 3.63) is 188 Å². The minimum atomic E-state index is 0.662. The number of fused-ring (bicyclic) bond motifs is 7. The molecule has 3 aromatic heterocycles. The normalized spacial score (nSPS) is 11.6. The van der Waals surface area contributed by atoms with Gasteiger partial charge in [0.25, 0.3) is 0 Å². The zero-order chi connectivity index (χ0) is 36.3. The molecular formula is C50H31N3O2. The number of furan rings is 2. The maximum atomic E-state index is 6.81. The van der Waals surface area contributed by atoms with Gasteiger partial charge in [-0.25, -0.2) is 9.97 Å². The fourth-order valence-electron chi connectivity index (χ4n) is 7.86. The maximum absolute atomic E-state index is 6.81. The average Bonchev–Trinajstić information content (AvgIpc) is 3.84. The summed E-state index contributed by atoms with van der Waals surface area (Å²) in [5, 5.41) is 5.48. The van der Waals surface area contributed by atoms with Crippen LogP contribution in [-0.4, -0.2) is 9.97 Å². The highest BCUT2D eigenvalue weighted by Gasteiger charge is 2.23. The lowest BCUT2D eigenvalue weighted by Crippen LogP contribution is -2.10. The third-order valence-corrected chi connectivity index (χ3v) is 10.5. The molecule has 0 saturated heterocycles. The van der Waals surface area contributed by atoms with Crippen LogP contribution in [0.5, 0.6) is 0 Å². The number of aromatic nitrogens is 2. The number of hydrogen-bond donors (Lipinski definition) is 0. The standard InChI is InChI=1S/C50H31N3O2/c1-3-14-35(15-4-1)50-51-46(49-47(52-50)41-20-10-12-22-44(41)55-49)34-25-23-33(24-26-34)39-29-30-42(48-45(39)40-19-9-11-21-43(40)54-48)53(37-17-5-2-6-18-37)38-28-27-32-13-7-8-16-36(32)31-38/h1-31H. The molecule has 0 saturated carbocycles. The number of hydrogen-bond acceptors (Lipinski definition) is 5. The van der Waals surface area contributed by atoms with Crippen LogP contribution >= 0.6 is 0 Å². The molecule has 5 heteroatoms. The molecule has 258 valence electrons. The van der Waals surface area contributed by atoms with Crippen LogP contribution in [-0.2, 0) is 0 Å². The molecule has 3 heterocycles. The zero-order valence-corrected chi connectivity index (χ0v) is 29.6. The second kappa shape index (κ2) is 12.6. The molecule has 0 spiro atoms. The first-order valence-electron chi connectivity index (χ1n) is 18.4. The molecule has 0 bridgehead atoms. The monoisotopic (exact) mass is 705 g/mol. The summed E-state index contributed by atoms with van der Waals surface area (Å²) in [5.74, 6) is 0.662. The first-order valence-corrected chi connectivity index (χ1v) is 18.4. The van der Waals surface area contributed by atoms with Crippen molar-refractivity contribution in [3.8, 4) is 33.8 Å². The zero-order valence-electron chi connectivity index (χ0n) is 29.6. The van der Waals surface area contributed by atoms with E-state index in [1.54, 1.807) is 0 Å². The van der Waals surface area contributed by atoms with E-state index in [0.29, 0.717) is 11.4 Å². The smallest absolute Gasteiger partial charge is 0.180 e. The van der Waals surface area contributed by atoms with E-state index >= 15 is 0 Å². The van der Waals surface area contributed by atoms with Crippen molar-refractivity contribution in [3.63, 3.8) is 0 Å². The van der Waals surface area contributed by atoms with Gasteiger partial charge >= 0.3 is 0 Å². The third-order valence-electron chi connectivity index (χ3n) is 10.5. The van der Waals surface area contributed by atoms with Crippen molar-refractivity contribution in [1.29, 1.82) is 0 Å². The molecule has 5 nitrogen and oxygen atoms in total. The van der Waals surface area contributed by atoms with E-state index in [1.165, 1.54) is 10.8 Å². The summed E-state index contributed by atoms with van der Waals surface area (Å²) in [7, 11) is 0. The lowest BCUT2D eigenvalue weighted by molar-refractivity contribution is 0.667. The molecule has 0 fully saturated rings. The molecule has 11 aromatic rings. The van der Waals surface area contributed by atoms with E-state index in [2.05, 4.69) is 132 Å².